The molecule has 0 bridgehead atoms. The summed E-state index contributed by atoms with van der Waals surface area (Å²) in [5.74, 6) is -0.0685. The van der Waals surface area contributed by atoms with Gasteiger partial charge in [-0.15, -0.1) is 0 Å². The van der Waals surface area contributed by atoms with Gasteiger partial charge in [0.1, 0.15) is 0 Å². The number of nitrogens with one attached hydrogen (secondary N) is 1. The highest BCUT2D eigenvalue weighted by Gasteiger charge is 2.26. The molecule has 0 aliphatic carbocycles. The van der Waals surface area contributed by atoms with Crippen LogP contribution in [-0.4, -0.2) is 18.4 Å². The largest absolute Gasteiger partial charge is 0.348 e. The molecule has 0 aromatic heterocycles. The van der Waals surface area contributed by atoms with E-state index in [4.69, 9.17) is 0 Å². The number of hydrogen-bond acceptors (Lipinski definition) is 2. The van der Waals surface area contributed by atoms with Crippen molar-refractivity contribution in [3.63, 3.8) is 0 Å². The highest BCUT2D eigenvalue weighted by Crippen LogP contribution is 2.31. The smallest absolute Gasteiger partial charge is 0.258 e. The molecule has 1 aliphatic rings. The number of amides is 2. The molecule has 1 aliphatic heterocycles. The van der Waals surface area contributed by atoms with Gasteiger partial charge in [0.25, 0.3) is 11.8 Å². The Morgan fingerprint density at radius 1 is 0.966 bits per heavy atom. The third-order valence-electron chi connectivity index (χ3n) is 5.43. The summed E-state index contributed by atoms with van der Waals surface area (Å²) in [6.45, 7) is 5.06. The highest BCUT2D eigenvalue weighted by atomic mass is 16.2. The van der Waals surface area contributed by atoms with E-state index in [-0.39, 0.29) is 11.8 Å². The second-order valence-corrected chi connectivity index (χ2v) is 7.53. The van der Waals surface area contributed by atoms with Gasteiger partial charge in [-0.25, -0.2) is 0 Å². The first-order valence-corrected chi connectivity index (χ1v) is 9.87. The number of hydrogen-bond donors (Lipinski definition) is 1. The standard InChI is InChI=1S/C25H24N2O2/c1-17-7-10-21(11-8-17)24(28)26-16-19-9-12-20-13-14-27(23(20)15-19)25(29)22-6-4-3-5-18(22)2/h3-12,15H,13-14,16H2,1-2H3,(H,26,28). The van der Waals surface area contributed by atoms with Crippen molar-refractivity contribution < 1.29 is 9.59 Å². The second-order valence-electron chi connectivity index (χ2n) is 7.53. The Morgan fingerprint density at radius 2 is 1.72 bits per heavy atom. The van der Waals surface area contributed by atoms with E-state index in [9.17, 15) is 9.59 Å². The number of aryl methyl sites for hydroxylation is 2. The minimum Gasteiger partial charge on any atom is -0.348 e. The summed E-state index contributed by atoms with van der Waals surface area (Å²) in [4.78, 5) is 27.3. The Balaban J connectivity index is 1.50. The van der Waals surface area contributed by atoms with Gasteiger partial charge >= 0.3 is 0 Å². The van der Waals surface area contributed by atoms with Crippen molar-refractivity contribution in [1.82, 2.24) is 5.32 Å². The fourth-order valence-corrected chi connectivity index (χ4v) is 3.69. The van der Waals surface area contributed by atoms with Crippen LogP contribution in [0.15, 0.2) is 66.7 Å². The van der Waals surface area contributed by atoms with Crippen LogP contribution in [0.5, 0.6) is 0 Å². The fourth-order valence-electron chi connectivity index (χ4n) is 3.69. The van der Waals surface area contributed by atoms with E-state index in [1.165, 1.54) is 5.56 Å². The van der Waals surface area contributed by atoms with Crippen molar-refractivity contribution in [2.75, 3.05) is 11.4 Å². The molecule has 0 atom stereocenters. The summed E-state index contributed by atoms with van der Waals surface area (Å²) in [6, 6.07) is 21.3. The predicted octanol–water partition coefficient (Wildman–Crippen LogP) is 4.44. The second kappa shape index (κ2) is 7.92. The van der Waals surface area contributed by atoms with Crippen LogP contribution in [0.25, 0.3) is 0 Å². The molecule has 4 heteroatoms. The van der Waals surface area contributed by atoms with E-state index in [0.29, 0.717) is 18.7 Å². The van der Waals surface area contributed by atoms with Crippen LogP contribution in [-0.2, 0) is 13.0 Å². The fraction of sp³-hybridized carbons (Fsp3) is 0.200. The number of fused-ring (bicyclic) bond motifs is 1. The van der Waals surface area contributed by atoms with Crippen LogP contribution in [0.1, 0.15) is 43.0 Å². The summed E-state index contributed by atoms with van der Waals surface area (Å²) in [5, 5.41) is 2.97. The molecule has 3 aromatic carbocycles. The molecule has 2 amide bonds. The van der Waals surface area contributed by atoms with Crippen LogP contribution in [0.4, 0.5) is 5.69 Å². The van der Waals surface area contributed by atoms with Gasteiger partial charge in [0.15, 0.2) is 0 Å². The molecular formula is C25H24N2O2. The molecule has 4 rings (SSSR count). The number of carbonyl (C=O) groups excluding carboxylic acids is 2. The minimum absolute atomic E-state index is 0.0303. The molecule has 0 radical (unpaired) electrons. The lowest BCUT2D eigenvalue weighted by molar-refractivity contribution is 0.0949. The molecule has 146 valence electrons. The summed E-state index contributed by atoms with van der Waals surface area (Å²) in [7, 11) is 0. The molecule has 29 heavy (non-hydrogen) atoms. The first-order valence-electron chi connectivity index (χ1n) is 9.87. The zero-order valence-electron chi connectivity index (χ0n) is 16.7. The molecule has 0 spiro atoms. The number of nitrogens with zero attached hydrogens (tertiary/aromatic N) is 1. The van der Waals surface area contributed by atoms with Crippen LogP contribution >= 0.6 is 0 Å². The summed E-state index contributed by atoms with van der Waals surface area (Å²) in [5.41, 5.74) is 6.58. The van der Waals surface area contributed by atoms with Gasteiger partial charge < -0.3 is 10.2 Å². The molecule has 1 N–H and O–H groups in total. The number of carbonyl (C=O) groups is 2. The van der Waals surface area contributed by atoms with E-state index in [1.807, 2.05) is 79.4 Å². The summed E-state index contributed by atoms with van der Waals surface area (Å²) < 4.78 is 0. The van der Waals surface area contributed by atoms with Crippen molar-refractivity contribution in [3.8, 4) is 0 Å². The van der Waals surface area contributed by atoms with Crippen LogP contribution in [0, 0.1) is 13.8 Å². The lowest BCUT2D eigenvalue weighted by atomic mass is 10.1. The molecule has 1 heterocycles. The first kappa shape index (κ1) is 18.9. The third kappa shape index (κ3) is 3.92. The number of benzene rings is 3. The van der Waals surface area contributed by atoms with Gasteiger partial charge in [-0.2, -0.15) is 0 Å². The van der Waals surface area contributed by atoms with Gasteiger partial charge in [-0.1, -0.05) is 48.0 Å². The quantitative estimate of drug-likeness (QED) is 0.723. The maximum Gasteiger partial charge on any atom is 0.258 e. The van der Waals surface area contributed by atoms with Gasteiger partial charge in [-0.3, -0.25) is 9.59 Å². The molecule has 0 fully saturated rings. The first-order chi connectivity index (χ1) is 14.0. The van der Waals surface area contributed by atoms with Crippen molar-refractivity contribution >= 4 is 17.5 Å². The van der Waals surface area contributed by atoms with E-state index >= 15 is 0 Å². The zero-order chi connectivity index (χ0) is 20.4. The Kier molecular flexibility index (Phi) is 5.17. The molecule has 0 saturated heterocycles. The average Bonchev–Trinajstić information content (AvgIpc) is 3.15. The van der Waals surface area contributed by atoms with Gasteiger partial charge in [-0.05, 0) is 61.2 Å². The van der Waals surface area contributed by atoms with Crippen LogP contribution in [0.2, 0.25) is 0 Å². The average molecular weight is 384 g/mol. The van der Waals surface area contributed by atoms with Gasteiger partial charge in [0.2, 0.25) is 0 Å². The third-order valence-corrected chi connectivity index (χ3v) is 5.43. The lowest BCUT2D eigenvalue weighted by Crippen LogP contribution is -2.29. The van der Waals surface area contributed by atoms with E-state index in [2.05, 4.69) is 11.4 Å². The van der Waals surface area contributed by atoms with E-state index in [1.54, 1.807) is 0 Å². The Labute approximate surface area is 171 Å². The molecule has 3 aromatic rings. The Bertz CT molecular complexity index is 1070. The maximum absolute atomic E-state index is 13.1. The topological polar surface area (TPSA) is 49.4 Å². The maximum atomic E-state index is 13.1. The Morgan fingerprint density at radius 3 is 2.48 bits per heavy atom. The molecule has 0 saturated carbocycles. The monoisotopic (exact) mass is 384 g/mol. The predicted molar refractivity (Wildman–Crippen MR) is 115 cm³/mol. The van der Waals surface area contributed by atoms with Crippen molar-refractivity contribution in [2.45, 2.75) is 26.8 Å². The highest BCUT2D eigenvalue weighted by molar-refractivity contribution is 6.08. The normalized spacial score (nSPS) is 12.6. The van der Waals surface area contributed by atoms with Crippen molar-refractivity contribution in [1.29, 1.82) is 0 Å². The Hall–Kier alpha value is -3.40. The number of anilines is 1. The van der Waals surface area contributed by atoms with Crippen molar-refractivity contribution in [3.05, 3.63) is 100 Å². The summed E-state index contributed by atoms with van der Waals surface area (Å²) in [6.07, 6.45) is 0.850. The lowest BCUT2D eigenvalue weighted by Gasteiger charge is -2.19. The molecule has 4 nitrogen and oxygen atoms in total. The van der Waals surface area contributed by atoms with Gasteiger partial charge in [0.05, 0.1) is 0 Å². The molecule has 0 unspecified atom stereocenters. The van der Waals surface area contributed by atoms with Crippen molar-refractivity contribution in [2.24, 2.45) is 0 Å². The van der Waals surface area contributed by atoms with Crippen LogP contribution < -0.4 is 10.2 Å². The van der Waals surface area contributed by atoms with E-state index in [0.717, 1.165) is 34.4 Å². The zero-order valence-corrected chi connectivity index (χ0v) is 16.7. The van der Waals surface area contributed by atoms with E-state index < -0.39 is 0 Å². The SMILES string of the molecule is Cc1ccc(C(=O)NCc2ccc3c(c2)N(C(=O)c2ccccc2C)CC3)cc1. The summed E-state index contributed by atoms with van der Waals surface area (Å²) >= 11 is 0. The van der Waals surface area contributed by atoms with Crippen LogP contribution in [0.3, 0.4) is 0 Å². The number of rotatable bonds is 4. The minimum atomic E-state index is -0.0988. The molecular weight excluding hydrogens is 360 g/mol. The van der Waals surface area contributed by atoms with Gasteiger partial charge in [0, 0.05) is 29.9 Å².